The smallest absolute Gasteiger partial charge is 0.407 e. The van der Waals surface area contributed by atoms with Gasteiger partial charge in [-0.15, -0.1) is 0 Å². The number of nitrogens with zero attached hydrogens (tertiary/aromatic N) is 1. The average molecular weight is 533 g/mol. The molecule has 0 radical (unpaired) electrons. The molecule has 2 aromatic rings. The highest BCUT2D eigenvalue weighted by molar-refractivity contribution is 7.89. The van der Waals surface area contributed by atoms with Crippen LogP contribution in [0.5, 0.6) is 0 Å². The van der Waals surface area contributed by atoms with Crippen molar-refractivity contribution in [1.29, 1.82) is 0 Å². The summed E-state index contributed by atoms with van der Waals surface area (Å²) < 4.78 is 33.6. The number of hydrogen-bond acceptors (Lipinski definition) is 7. The van der Waals surface area contributed by atoms with Gasteiger partial charge >= 0.3 is 6.09 Å². The Labute approximate surface area is 220 Å². The zero-order valence-electron chi connectivity index (χ0n) is 21.7. The number of benzene rings is 2. The minimum atomic E-state index is -3.90. The van der Waals surface area contributed by atoms with Crippen LogP contribution in [0.2, 0.25) is 0 Å². The number of sulfonamides is 1. The molecule has 3 rings (SSSR count). The van der Waals surface area contributed by atoms with Crippen molar-refractivity contribution in [3.05, 3.63) is 60.2 Å². The zero-order valence-corrected chi connectivity index (χ0v) is 22.5. The highest BCUT2D eigenvalue weighted by Gasteiger charge is 2.31. The number of nitrogens with one attached hydrogen (secondary N) is 2. The molecule has 1 amide bonds. The molecule has 0 bridgehead atoms. The maximum Gasteiger partial charge on any atom is 0.407 e. The third-order valence-corrected chi connectivity index (χ3v) is 8.24. The van der Waals surface area contributed by atoms with Crippen molar-refractivity contribution in [3.63, 3.8) is 0 Å². The van der Waals surface area contributed by atoms with E-state index in [2.05, 4.69) is 10.6 Å². The van der Waals surface area contributed by atoms with Crippen LogP contribution in [0.3, 0.4) is 0 Å². The molecular formula is C27H40N4O5S. The van der Waals surface area contributed by atoms with E-state index in [0.717, 1.165) is 31.5 Å². The van der Waals surface area contributed by atoms with Gasteiger partial charge in [-0.2, -0.15) is 4.31 Å². The number of carbonyl (C=O) groups is 1. The molecule has 1 saturated heterocycles. The van der Waals surface area contributed by atoms with Gasteiger partial charge in [0.1, 0.15) is 0 Å². The van der Waals surface area contributed by atoms with Gasteiger partial charge in [-0.25, -0.2) is 13.2 Å². The Bertz CT molecular complexity index is 1070. The summed E-state index contributed by atoms with van der Waals surface area (Å²) in [5, 5.41) is 17.4. The van der Waals surface area contributed by atoms with E-state index in [1.807, 2.05) is 44.2 Å². The van der Waals surface area contributed by atoms with Gasteiger partial charge in [-0.05, 0) is 61.6 Å². The summed E-state index contributed by atoms with van der Waals surface area (Å²) in [6.07, 6.45) is 0.552. The number of nitrogen functional groups attached to an aromatic ring is 1. The third kappa shape index (κ3) is 8.99. The average Bonchev–Trinajstić information content (AvgIpc) is 2.88. The summed E-state index contributed by atoms with van der Waals surface area (Å²) in [6, 6.07) is 14.7. The Morgan fingerprint density at radius 2 is 1.86 bits per heavy atom. The van der Waals surface area contributed by atoms with Gasteiger partial charge in [0, 0.05) is 31.2 Å². The molecule has 5 N–H and O–H groups in total. The second kappa shape index (κ2) is 13.8. The van der Waals surface area contributed by atoms with E-state index in [9.17, 15) is 18.3 Å². The van der Waals surface area contributed by atoms with Crippen molar-refractivity contribution in [2.45, 2.75) is 50.2 Å². The van der Waals surface area contributed by atoms with Crippen LogP contribution < -0.4 is 16.4 Å². The number of rotatable bonds is 12. The van der Waals surface area contributed by atoms with E-state index in [4.69, 9.17) is 10.5 Å². The van der Waals surface area contributed by atoms with Gasteiger partial charge in [0.05, 0.1) is 23.6 Å². The van der Waals surface area contributed by atoms with Crippen LogP contribution in [0, 0.1) is 11.8 Å². The minimum absolute atomic E-state index is 0.0188. The van der Waals surface area contributed by atoms with Crippen molar-refractivity contribution in [3.8, 4) is 0 Å². The molecule has 204 valence electrons. The third-order valence-electron chi connectivity index (χ3n) is 6.39. The number of nitrogens with two attached hydrogens (primary N) is 1. The quantitative estimate of drug-likeness (QED) is 0.309. The molecule has 0 spiro atoms. The van der Waals surface area contributed by atoms with Crippen molar-refractivity contribution in [1.82, 2.24) is 14.9 Å². The Morgan fingerprint density at radius 3 is 2.49 bits per heavy atom. The van der Waals surface area contributed by atoms with Gasteiger partial charge in [-0.3, -0.25) is 0 Å². The first kappa shape index (κ1) is 28.9. The van der Waals surface area contributed by atoms with E-state index >= 15 is 0 Å². The number of hydrogen-bond donors (Lipinski definition) is 4. The monoisotopic (exact) mass is 532 g/mol. The fraction of sp³-hybridized carbons (Fsp3) is 0.519. The lowest BCUT2D eigenvalue weighted by Gasteiger charge is -2.31. The lowest BCUT2D eigenvalue weighted by Crippen LogP contribution is -2.51. The maximum atomic E-state index is 13.5. The van der Waals surface area contributed by atoms with Gasteiger partial charge in [0.15, 0.2) is 0 Å². The molecule has 1 aliphatic heterocycles. The standard InChI is InChI=1S/C27H40N4O5S/c1-20(2)17-31(37(34,35)24-12-10-23(28)11-13-24)18-26(32)25(15-21-7-4-3-5-8-21)30-27(33)36-19-22-9-6-14-29-16-22/h3-5,7-8,10-13,20,22,25-26,29,32H,6,9,14-19,28H2,1-2H3,(H,30,33)/t22-,25-,26+/m0/s1. The van der Waals surface area contributed by atoms with Crippen LogP contribution in [0.4, 0.5) is 10.5 Å². The molecule has 10 heteroatoms. The highest BCUT2D eigenvalue weighted by atomic mass is 32.2. The van der Waals surface area contributed by atoms with Gasteiger partial charge < -0.3 is 26.2 Å². The maximum absolute atomic E-state index is 13.5. The van der Waals surface area contributed by atoms with Gasteiger partial charge in [0.2, 0.25) is 10.0 Å². The first-order valence-corrected chi connectivity index (χ1v) is 14.3. The Balaban J connectivity index is 1.75. The fourth-order valence-electron chi connectivity index (χ4n) is 4.41. The molecule has 0 aliphatic carbocycles. The van der Waals surface area contributed by atoms with Crippen molar-refractivity contribution in [2.75, 3.05) is 38.5 Å². The lowest BCUT2D eigenvalue weighted by molar-refractivity contribution is 0.0820. The SMILES string of the molecule is CC(C)CN(C[C@@H](O)[C@H](Cc1ccccc1)NC(=O)OC[C@H]1CCCNC1)S(=O)(=O)c1ccc(N)cc1. The summed E-state index contributed by atoms with van der Waals surface area (Å²) in [7, 11) is -3.90. The molecule has 0 unspecified atom stereocenters. The number of carbonyl (C=O) groups excluding carboxylic acids is 1. The Hall–Kier alpha value is -2.66. The predicted octanol–water partition coefficient (Wildman–Crippen LogP) is 2.61. The molecule has 0 aromatic heterocycles. The fourth-order valence-corrected chi connectivity index (χ4v) is 6.03. The largest absolute Gasteiger partial charge is 0.449 e. The summed E-state index contributed by atoms with van der Waals surface area (Å²) >= 11 is 0. The van der Waals surface area contributed by atoms with Crippen LogP contribution in [0.1, 0.15) is 32.3 Å². The van der Waals surface area contributed by atoms with Gasteiger partial charge in [0.25, 0.3) is 0 Å². The minimum Gasteiger partial charge on any atom is -0.449 e. The van der Waals surface area contributed by atoms with E-state index in [-0.39, 0.29) is 36.4 Å². The Morgan fingerprint density at radius 1 is 1.16 bits per heavy atom. The number of alkyl carbamates (subject to hydrolysis) is 1. The number of piperidine rings is 1. The normalized spacial score (nSPS) is 17.9. The molecular weight excluding hydrogens is 492 g/mol. The molecule has 1 aliphatic rings. The Kier molecular flexibility index (Phi) is 10.7. The molecule has 0 saturated carbocycles. The van der Waals surface area contributed by atoms with Crippen LogP contribution in [0.15, 0.2) is 59.5 Å². The summed E-state index contributed by atoms with van der Waals surface area (Å²) in [6.45, 7) is 5.91. The first-order chi connectivity index (χ1) is 17.6. The zero-order chi connectivity index (χ0) is 26.8. The topological polar surface area (TPSA) is 134 Å². The molecule has 3 atom stereocenters. The van der Waals surface area contributed by atoms with Crippen LogP contribution in [0.25, 0.3) is 0 Å². The predicted molar refractivity (Wildman–Crippen MR) is 144 cm³/mol. The molecule has 37 heavy (non-hydrogen) atoms. The van der Waals surface area contributed by atoms with Crippen LogP contribution in [-0.4, -0.2) is 68.9 Å². The lowest BCUT2D eigenvalue weighted by atomic mass is 10.0. The number of aliphatic hydroxyl groups is 1. The van der Waals surface area contributed by atoms with Crippen molar-refractivity contribution >= 4 is 21.8 Å². The number of ether oxygens (including phenoxy) is 1. The summed E-state index contributed by atoms with van der Waals surface area (Å²) in [4.78, 5) is 12.8. The molecule has 1 heterocycles. The molecule has 1 fully saturated rings. The first-order valence-electron chi connectivity index (χ1n) is 12.9. The van der Waals surface area contributed by atoms with Crippen molar-refractivity contribution in [2.24, 2.45) is 11.8 Å². The van der Waals surface area contributed by atoms with E-state index < -0.39 is 28.3 Å². The van der Waals surface area contributed by atoms with E-state index in [1.165, 1.54) is 28.6 Å². The second-order valence-corrected chi connectivity index (χ2v) is 12.0. The van der Waals surface area contributed by atoms with Crippen molar-refractivity contribution < 1.29 is 23.1 Å². The number of amides is 1. The van der Waals surface area contributed by atoms with Crippen LogP contribution >= 0.6 is 0 Å². The summed E-state index contributed by atoms with van der Waals surface area (Å²) in [5.74, 6) is 0.272. The van der Waals surface area contributed by atoms with Gasteiger partial charge in [-0.1, -0.05) is 44.2 Å². The number of aliphatic hydroxyl groups excluding tert-OH is 1. The molecule has 2 aromatic carbocycles. The summed E-state index contributed by atoms with van der Waals surface area (Å²) in [5.41, 5.74) is 7.10. The van der Waals surface area contributed by atoms with E-state index in [0.29, 0.717) is 12.1 Å². The highest BCUT2D eigenvalue weighted by Crippen LogP contribution is 2.20. The van der Waals surface area contributed by atoms with E-state index in [1.54, 1.807) is 0 Å². The number of anilines is 1. The van der Waals surface area contributed by atoms with Crippen LogP contribution in [-0.2, 0) is 21.2 Å². The second-order valence-electron chi connectivity index (χ2n) is 10.1. The molecule has 9 nitrogen and oxygen atoms in total.